The summed E-state index contributed by atoms with van der Waals surface area (Å²) < 4.78 is 33.4. The van der Waals surface area contributed by atoms with E-state index in [0.717, 1.165) is 5.56 Å². The number of carbonyl (C=O) groups excluding carboxylic acids is 1. The SMILES string of the molecule is CCC(NC(=O)c1ccc(OC)c(S(=O)(=O)NC(C)(C)C)c1)c1ccc(Cl)cc1. The molecule has 0 aliphatic carbocycles. The third kappa shape index (κ3) is 6.19. The van der Waals surface area contributed by atoms with Crippen molar-refractivity contribution >= 4 is 27.5 Å². The van der Waals surface area contributed by atoms with Crippen molar-refractivity contribution in [3.05, 3.63) is 58.6 Å². The molecule has 1 atom stereocenters. The molecule has 0 bridgehead atoms. The first-order valence-corrected chi connectivity index (χ1v) is 11.1. The minimum absolute atomic E-state index is 0.0814. The van der Waals surface area contributed by atoms with Crippen LogP contribution in [0.15, 0.2) is 47.4 Å². The number of methoxy groups -OCH3 is 1. The number of carbonyl (C=O) groups is 1. The van der Waals surface area contributed by atoms with Gasteiger partial charge in [0.25, 0.3) is 5.91 Å². The van der Waals surface area contributed by atoms with E-state index in [0.29, 0.717) is 11.4 Å². The molecule has 8 heteroatoms. The van der Waals surface area contributed by atoms with Crippen LogP contribution >= 0.6 is 11.6 Å². The highest BCUT2D eigenvalue weighted by atomic mass is 35.5. The first-order valence-electron chi connectivity index (χ1n) is 9.25. The van der Waals surface area contributed by atoms with Crippen molar-refractivity contribution < 1.29 is 17.9 Å². The fraction of sp³-hybridized carbons (Fsp3) is 0.381. The van der Waals surface area contributed by atoms with Crippen LogP contribution < -0.4 is 14.8 Å². The number of hydrogen-bond donors (Lipinski definition) is 2. The highest BCUT2D eigenvalue weighted by molar-refractivity contribution is 7.89. The molecule has 0 heterocycles. The summed E-state index contributed by atoms with van der Waals surface area (Å²) in [6, 6.07) is 11.4. The van der Waals surface area contributed by atoms with E-state index in [9.17, 15) is 13.2 Å². The van der Waals surface area contributed by atoms with Gasteiger partial charge >= 0.3 is 0 Å². The standard InChI is InChI=1S/C21H27ClN2O4S/c1-6-17(14-7-10-16(22)11-8-14)23-20(25)15-9-12-18(28-5)19(13-15)29(26,27)24-21(2,3)4/h7-13,17,24H,6H2,1-5H3,(H,23,25). The zero-order valence-corrected chi connectivity index (χ0v) is 18.8. The molecule has 0 radical (unpaired) electrons. The molecule has 2 N–H and O–H groups in total. The van der Waals surface area contributed by atoms with Gasteiger partial charge in [-0.15, -0.1) is 0 Å². The maximum atomic E-state index is 12.8. The van der Waals surface area contributed by atoms with Crippen LogP contribution in [0.5, 0.6) is 5.75 Å². The van der Waals surface area contributed by atoms with Crippen molar-refractivity contribution in [2.45, 2.75) is 50.6 Å². The van der Waals surface area contributed by atoms with Crippen molar-refractivity contribution in [2.24, 2.45) is 0 Å². The first-order chi connectivity index (χ1) is 13.5. The predicted octanol–water partition coefficient (Wildman–Crippen LogP) is 4.31. The van der Waals surface area contributed by atoms with E-state index in [-0.39, 0.29) is 28.2 Å². The molecule has 0 saturated heterocycles. The quantitative estimate of drug-likeness (QED) is 0.674. The van der Waals surface area contributed by atoms with E-state index in [1.165, 1.54) is 19.2 Å². The molecular weight excluding hydrogens is 412 g/mol. The topological polar surface area (TPSA) is 84.5 Å². The van der Waals surface area contributed by atoms with Crippen LogP contribution in [0.25, 0.3) is 0 Å². The molecule has 1 amide bonds. The number of amides is 1. The zero-order chi connectivity index (χ0) is 21.8. The Morgan fingerprint density at radius 2 is 1.76 bits per heavy atom. The van der Waals surface area contributed by atoms with Crippen LogP contribution in [0, 0.1) is 0 Å². The second-order valence-corrected chi connectivity index (χ2v) is 9.79. The predicted molar refractivity (Wildman–Crippen MR) is 115 cm³/mol. The van der Waals surface area contributed by atoms with E-state index >= 15 is 0 Å². The second kappa shape index (κ2) is 9.15. The van der Waals surface area contributed by atoms with E-state index in [2.05, 4.69) is 10.0 Å². The van der Waals surface area contributed by atoms with E-state index in [1.54, 1.807) is 39.0 Å². The minimum Gasteiger partial charge on any atom is -0.495 e. The molecule has 0 saturated carbocycles. The lowest BCUT2D eigenvalue weighted by Gasteiger charge is -2.22. The van der Waals surface area contributed by atoms with Gasteiger partial charge in [-0.1, -0.05) is 30.7 Å². The summed E-state index contributed by atoms with van der Waals surface area (Å²) in [6.07, 6.45) is 0.667. The van der Waals surface area contributed by atoms with Gasteiger partial charge in [-0.3, -0.25) is 4.79 Å². The number of ether oxygens (including phenoxy) is 1. The summed E-state index contributed by atoms with van der Waals surface area (Å²) in [5.41, 5.74) is 0.470. The van der Waals surface area contributed by atoms with Gasteiger partial charge in [0.05, 0.1) is 13.2 Å². The zero-order valence-electron chi connectivity index (χ0n) is 17.2. The molecular formula is C21H27ClN2O4S. The first kappa shape index (κ1) is 23.2. The highest BCUT2D eigenvalue weighted by Gasteiger charge is 2.26. The van der Waals surface area contributed by atoms with Gasteiger partial charge in [0.15, 0.2) is 0 Å². The lowest BCUT2D eigenvalue weighted by Crippen LogP contribution is -2.40. The Hall–Kier alpha value is -2.09. The minimum atomic E-state index is -3.88. The van der Waals surface area contributed by atoms with Crippen LogP contribution in [0.2, 0.25) is 5.02 Å². The van der Waals surface area contributed by atoms with Crippen molar-refractivity contribution in [2.75, 3.05) is 7.11 Å². The van der Waals surface area contributed by atoms with Crippen molar-refractivity contribution in [1.82, 2.24) is 10.0 Å². The molecule has 0 aromatic heterocycles. The fourth-order valence-electron chi connectivity index (χ4n) is 2.84. The van der Waals surface area contributed by atoms with E-state index in [1.807, 2.05) is 19.1 Å². The summed E-state index contributed by atoms with van der Waals surface area (Å²) in [7, 11) is -2.49. The van der Waals surface area contributed by atoms with Gasteiger partial charge in [-0.05, 0) is 63.1 Å². The van der Waals surface area contributed by atoms with Gasteiger partial charge < -0.3 is 10.1 Å². The number of rotatable bonds is 7. The van der Waals surface area contributed by atoms with Crippen LogP contribution in [-0.4, -0.2) is 27.0 Å². The fourth-order valence-corrected chi connectivity index (χ4v) is 4.58. The summed E-state index contributed by atoms with van der Waals surface area (Å²) in [6.45, 7) is 7.18. The summed E-state index contributed by atoms with van der Waals surface area (Å²) in [4.78, 5) is 12.7. The lowest BCUT2D eigenvalue weighted by atomic mass is 10.0. The van der Waals surface area contributed by atoms with Gasteiger partial charge in [0, 0.05) is 16.1 Å². The van der Waals surface area contributed by atoms with Gasteiger partial charge in [0.1, 0.15) is 10.6 Å². The number of nitrogens with one attached hydrogen (secondary N) is 2. The number of hydrogen-bond acceptors (Lipinski definition) is 4. The summed E-state index contributed by atoms with van der Waals surface area (Å²) >= 11 is 5.93. The molecule has 6 nitrogen and oxygen atoms in total. The van der Waals surface area contributed by atoms with Gasteiger partial charge in [-0.2, -0.15) is 0 Å². The Balaban J connectivity index is 2.34. The van der Waals surface area contributed by atoms with Crippen molar-refractivity contribution in [3.8, 4) is 5.75 Å². The molecule has 2 aromatic carbocycles. The Morgan fingerprint density at radius 1 is 1.14 bits per heavy atom. The second-order valence-electron chi connectivity index (χ2n) is 7.71. The third-order valence-corrected chi connectivity index (χ3v) is 6.17. The molecule has 158 valence electrons. The Kier molecular flexibility index (Phi) is 7.32. The molecule has 0 spiro atoms. The van der Waals surface area contributed by atoms with E-state index in [4.69, 9.17) is 16.3 Å². The molecule has 1 unspecified atom stereocenters. The molecule has 0 aliphatic rings. The molecule has 29 heavy (non-hydrogen) atoms. The molecule has 0 aliphatic heterocycles. The Morgan fingerprint density at radius 3 is 2.28 bits per heavy atom. The molecule has 2 aromatic rings. The van der Waals surface area contributed by atoms with Gasteiger partial charge in [-0.25, -0.2) is 13.1 Å². The summed E-state index contributed by atoms with van der Waals surface area (Å²) in [5.74, 6) is -0.204. The number of sulfonamides is 1. The molecule has 2 rings (SSSR count). The van der Waals surface area contributed by atoms with Crippen molar-refractivity contribution in [1.29, 1.82) is 0 Å². The number of halogens is 1. The highest BCUT2D eigenvalue weighted by Crippen LogP contribution is 2.27. The average Bonchev–Trinajstić information content (AvgIpc) is 2.64. The lowest BCUT2D eigenvalue weighted by molar-refractivity contribution is 0.0935. The van der Waals surface area contributed by atoms with E-state index < -0.39 is 15.6 Å². The Bertz CT molecular complexity index is 967. The van der Waals surface area contributed by atoms with Crippen LogP contribution in [0.1, 0.15) is 56.1 Å². The van der Waals surface area contributed by atoms with Crippen molar-refractivity contribution in [3.63, 3.8) is 0 Å². The van der Waals surface area contributed by atoms with Crippen LogP contribution in [0.4, 0.5) is 0 Å². The number of benzene rings is 2. The average molecular weight is 439 g/mol. The molecule has 0 fully saturated rings. The third-order valence-electron chi connectivity index (χ3n) is 4.14. The largest absolute Gasteiger partial charge is 0.495 e. The maximum Gasteiger partial charge on any atom is 0.251 e. The smallest absolute Gasteiger partial charge is 0.251 e. The van der Waals surface area contributed by atoms with Crippen LogP contribution in [-0.2, 0) is 10.0 Å². The maximum absolute atomic E-state index is 12.8. The Labute approximate surface area is 177 Å². The normalized spacial score (nSPS) is 13.0. The van der Waals surface area contributed by atoms with Gasteiger partial charge in [0.2, 0.25) is 10.0 Å². The summed E-state index contributed by atoms with van der Waals surface area (Å²) in [5, 5.41) is 3.56. The van der Waals surface area contributed by atoms with Crippen LogP contribution in [0.3, 0.4) is 0 Å². The monoisotopic (exact) mass is 438 g/mol.